The van der Waals surface area contributed by atoms with Crippen LogP contribution in [0.4, 0.5) is 0 Å². The van der Waals surface area contributed by atoms with Crippen molar-refractivity contribution >= 4 is 5.91 Å². The van der Waals surface area contributed by atoms with Crippen LogP contribution in [0.2, 0.25) is 0 Å². The van der Waals surface area contributed by atoms with Crippen LogP contribution >= 0.6 is 0 Å². The van der Waals surface area contributed by atoms with Gasteiger partial charge in [0.15, 0.2) is 0 Å². The maximum absolute atomic E-state index is 12.4. The lowest BCUT2D eigenvalue weighted by Gasteiger charge is -2.44. The average molecular weight is 367 g/mol. The molecule has 0 radical (unpaired) electrons. The van der Waals surface area contributed by atoms with Gasteiger partial charge < -0.3 is 19.6 Å². The molecule has 0 aromatic carbocycles. The van der Waals surface area contributed by atoms with Gasteiger partial charge in [-0.15, -0.1) is 0 Å². The third-order valence-electron chi connectivity index (χ3n) is 6.87. The summed E-state index contributed by atoms with van der Waals surface area (Å²) < 4.78 is 5.62. The van der Waals surface area contributed by atoms with Crippen LogP contribution in [0.15, 0.2) is 0 Å². The molecule has 3 rings (SSSR count). The highest BCUT2D eigenvalue weighted by Gasteiger charge is 2.36. The first kappa shape index (κ1) is 20.1. The van der Waals surface area contributed by atoms with Gasteiger partial charge in [-0.2, -0.15) is 0 Å². The van der Waals surface area contributed by atoms with Gasteiger partial charge in [0, 0.05) is 44.4 Å². The number of carbonyl (C=O) groups is 1. The van der Waals surface area contributed by atoms with Gasteiger partial charge in [-0.05, 0) is 57.8 Å². The van der Waals surface area contributed by atoms with Crippen LogP contribution in [-0.2, 0) is 9.53 Å². The van der Waals surface area contributed by atoms with E-state index in [9.17, 15) is 9.90 Å². The van der Waals surface area contributed by atoms with Gasteiger partial charge in [0.1, 0.15) is 6.61 Å². The summed E-state index contributed by atoms with van der Waals surface area (Å²) in [5, 5.41) is 9.48. The van der Waals surface area contributed by atoms with E-state index in [2.05, 4.69) is 16.7 Å². The zero-order valence-corrected chi connectivity index (χ0v) is 16.6. The van der Waals surface area contributed by atoms with Crippen LogP contribution in [0, 0.1) is 5.92 Å². The van der Waals surface area contributed by atoms with E-state index in [0.717, 1.165) is 57.9 Å². The molecule has 2 saturated carbocycles. The molecule has 1 amide bonds. The Labute approximate surface area is 159 Å². The van der Waals surface area contributed by atoms with Crippen molar-refractivity contribution in [1.82, 2.24) is 9.80 Å². The summed E-state index contributed by atoms with van der Waals surface area (Å²) in [6.45, 7) is 5.67. The summed E-state index contributed by atoms with van der Waals surface area (Å²) in [7, 11) is 0. The predicted octanol–water partition coefficient (Wildman–Crippen LogP) is 2.81. The fourth-order valence-electron chi connectivity index (χ4n) is 5.49. The van der Waals surface area contributed by atoms with E-state index in [4.69, 9.17) is 4.74 Å². The van der Waals surface area contributed by atoms with Crippen molar-refractivity contribution in [2.24, 2.45) is 5.92 Å². The predicted molar refractivity (Wildman–Crippen MR) is 103 cm³/mol. The van der Waals surface area contributed by atoms with E-state index in [1.54, 1.807) is 0 Å². The molecule has 3 fully saturated rings. The molecule has 2 atom stereocenters. The van der Waals surface area contributed by atoms with Gasteiger partial charge in [0.05, 0.1) is 0 Å². The molecule has 1 aliphatic heterocycles. The molecule has 0 aromatic rings. The lowest BCUT2D eigenvalue weighted by Crippen LogP contribution is -2.54. The summed E-state index contributed by atoms with van der Waals surface area (Å²) in [5.74, 6) is 0.681. The summed E-state index contributed by atoms with van der Waals surface area (Å²) >= 11 is 0. The molecule has 3 aliphatic rings. The van der Waals surface area contributed by atoms with E-state index in [1.165, 1.54) is 38.5 Å². The second kappa shape index (κ2) is 10.0. The van der Waals surface area contributed by atoms with Gasteiger partial charge >= 0.3 is 0 Å². The van der Waals surface area contributed by atoms with Crippen LogP contribution in [0.1, 0.15) is 71.1 Å². The topological polar surface area (TPSA) is 53.0 Å². The quantitative estimate of drug-likeness (QED) is 0.753. The molecule has 0 bridgehead atoms. The minimum atomic E-state index is -0.335. The second-order valence-electron chi connectivity index (χ2n) is 8.51. The fraction of sp³-hybridized carbons (Fsp3) is 0.952. The Hall–Kier alpha value is -0.650. The van der Waals surface area contributed by atoms with Gasteiger partial charge in [-0.3, -0.25) is 4.79 Å². The Balaban J connectivity index is 1.50. The van der Waals surface area contributed by atoms with E-state index < -0.39 is 0 Å². The fourth-order valence-corrected chi connectivity index (χ4v) is 5.49. The molecule has 5 heteroatoms. The number of nitrogens with zero attached hydrogens (tertiary/aromatic N) is 2. The molecule has 2 unspecified atom stereocenters. The molecule has 26 heavy (non-hydrogen) atoms. The zero-order valence-electron chi connectivity index (χ0n) is 16.6. The largest absolute Gasteiger partial charge is 0.387 e. The van der Waals surface area contributed by atoms with E-state index in [0.29, 0.717) is 18.1 Å². The molecule has 5 nitrogen and oxygen atoms in total. The SMILES string of the molecule is CCOCC1CCC(N2CCC(N(C(=O)CO)C3CCCCC3)CC2)C1. The highest BCUT2D eigenvalue weighted by Crippen LogP contribution is 2.33. The Morgan fingerprint density at radius 3 is 2.38 bits per heavy atom. The summed E-state index contributed by atoms with van der Waals surface area (Å²) in [4.78, 5) is 17.2. The minimum absolute atomic E-state index is 0.0482. The third-order valence-corrected chi connectivity index (χ3v) is 6.87. The lowest BCUT2D eigenvalue weighted by atomic mass is 9.91. The Morgan fingerprint density at radius 2 is 1.73 bits per heavy atom. The number of amides is 1. The number of hydrogen-bond acceptors (Lipinski definition) is 4. The van der Waals surface area contributed by atoms with E-state index >= 15 is 0 Å². The van der Waals surface area contributed by atoms with E-state index in [1.807, 2.05) is 0 Å². The number of carbonyl (C=O) groups excluding carboxylic acids is 1. The Bertz CT molecular complexity index is 431. The van der Waals surface area contributed by atoms with Crippen molar-refractivity contribution in [2.45, 2.75) is 89.3 Å². The number of hydrogen-bond donors (Lipinski definition) is 1. The summed E-state index contributed by atoms with van der Waals surface area (Å²) in [6, 6.07) is 1.40. The van der Waals surface area contributed by atoms with Gasteiger partial charge in [-0.1, -0.05) is 19.3 Å². The second-order valence-corrected chi connectivity index (χ2v) is 8.51. The molecular weight excluding hydrogens is 328 g/mol. The lowest BCUT2D eigenvalue weighted by molar-refractivity contribution is -0.141. The molecule has 2 aliphatic carbocycles. The van der Waals surface area contributed by atoms with Crippen LogP contribution in [-0.4, -0.2) is 71.8 Å². The first-order valence-electron chi connectivity index (χ1n) is 11.0. The van der Waals surface area contributed by atoms with Crippen molar-refractivity contribution in [3.05, 3.63) is 0 Å². The number of rotatable bonds is 7. The van der Waals surface area contributed by atoms with Crippen molar-refractivity contribution in [3.8, 4) is 0 Å². The van der Waals surface area contributed by atoms with Crippen LogP contribution in [0.25, 0.3) is 0 Å². The first-order valence-corrected chi connectivity index (χ1v) is 11.0. The zero-order chi connectivity index (χ0) is 18.4. The molecule has 1 N–H and O–H groups in total. The molecule has 0 aromatic heterocycles. The number of aliphatic hydroxyl groups is 1. The van der Waals surface area contributed by atoms with Crippen molar-refractivity contribution < 1.29 is 14.6 Å². The molecule has 1 saturated heterocycles. The van der Waals surface area contributed by atoms with Crippen LogP contribution in [0.5, 0.6) is 0 Å². The van der Waals surface area contributed by atoms with Crippen LogP contribution in [0.3, 0.4) is 0 Å². The van der Waals surface area contributed by atoms with Gasteiger partial charge in [0.2, 0.25) is 5.91 Å². The molecular formula is C21H38N2O3. The first-order chi connectivity index (χ1) is 12.7. The summed E-state index contributed by atoms with van der Waals surface area (Å²) in [6.07, 6.45) is 12.0. The monoisotopic (exact) mass is 366 g/mol. The average Bonchev–Trinajstić information content (AvgIpc) is 3.17. The maximum atomic E-state index is 12.4. The number of ether oxygens (including phenoxy) is 1. The van der Waals surface area contributed by atoms with E-state index in [-0.39, 0.29) is 12.5 Å². The highest BCUT2D eigenvalue weighted by molar-refractivity contribution is 5.78. The van der Waals surface area contributed by atoms with Crippen molar-refractivity contribution in [2.75, 3.05) is 32.9 Å². The van der Waals surface area contributed by atoms with Gasteiger partial charge in [-0.25, -0.2) is 0 Å². The van der Waals surface area contributed by atoms with Crippen molar-refractivity contribution in [3.63, 3.8) is 0 Å². The maximum Gasteiger partial charge on any atom is 0.248 e. The van der Waals surface area contributed by atoms with Gasteiger partial charge in [0.25, 0.3) is 0 Å². The summed E-state index contributed by atoms with van der Waals surface area (Å²) in [5.41, 5.74) is 0. The third kappa shape index (κ3) is 4.99. The molecule has 1 heterocycles. The van der Waals surface area contributed by atoms with Crippen LogP contribution < -0.4 is 0 Å². The normalized spacial score (nSPS) is 29.2. The molecule has 0 spiro atoms. The Kier molecular flexibility index (Phi) is 7.77. The molecule has 150 valence electrons. The Morgan fingerprint density at radius 1 is 1.04 bits per heavy atom. The van der Waals surface area contributed by atoms with Crippen molar-refractivity contribution in [1.29, 1.82) is 0 Å². The minimum Gasteiger partial charge on any atom is -0.387 e. The number of likely N-dealkylation sites (tertiary alicyclic amines) is 1. The highest BCUT2D eigenvalue weighted by atomic mass is 16.5. The standard InChI is InChI=1S/C21H38N2O3/c1-2-26-16-17-8-9-20(14-17)22-12-10-19(11-13-22)23(21(25)15-24)18-6-4-3-5-7-18/h17-20,24H,2-16H2,1H3. The number of piperidine rings is 1. The number of aliphatic hydroxyl groups excluding tert-OH is 1. The smallest absolute Gasteiger partial charge is 0.248 e.